The Labute approximate surface area is 113 Å². The van der Waals surface area contributed by atoms with Gasteiger partial charge in [-0.05, 0) is 6.92 Å². The largest absolute Gasteiger partial charge is 0.468 e. The van der Waals surface area contributed by atoms with Crippen LogP contribution in [-0.2, 0) is 19.1 Å². The highest BCUT2D eigenvalue weighted by Crippen LogP contribution is 2.39. The summed E-state index contributed by atoms with van der Waals surface area (Å²) in [5.41, 5.74) is -1.59. The summed E-state index contributed by atoms with van der Waals surface area (Å²) >= 11 is 11.8. The smallest absolute Gasteiger partial charge is 0.327 e. The van der Waals surface area contributed by atoms with E-state index in [-0.39, 0.29) is 0 Å². The third-order valence-corrected chi connectivity index (χ3v) is 3.67. The van der Waals surface area contributed by atoms with Crippen LogP contribution in [0.2, 0.25) is 0 Å². The van der Waals surface area contributed by atoms with Gasteiger partial charge in [0.1, 0.15) is 6.54 Å². The van der Waals surface area contributed by atoms with Crippen molar-refractivity contribution < 1.29 is 23.9 Å². The van der Waals surface area contributed by atoms with E-state index in [1.165, 1.54) is 14.0 Å². The highest BCUT2D eigenvalue weighted by molar-refractivity contribution is 6.60. The minimum absolute atomic E-state index is 0.562. The number of nitrogens with one attached hydrogen (secondary N) is 1. The van der Waals surface area contributed by atoms with E-state index in [1.807, 2.05) is 0 Å². The molecule has 0 radical (unpaired) electrons. The van der Waals surface area contributed by atoms with Crippen molar-refractivity contribution in [2.75, 3.05) is 20.8 Å². The lowest BCUT2D eigenvalue weighted by Gasteiger charge is -2.44. The summed E-state index contributed by atoms with van der Waals surface area (Å²) in [6.07, 6.45) is 0. The van der Waals surface area contributed by atoms with E-state index in [2.05, 4.69) is 10.1 Å². The van der Waals surface area contributed by atoms with Crippen molar-refractivity contribution in [3.05, 3.63) is 0 Å². The van der Waals surface area contributed by atoms with Crippen LogP contribution < -0.4 is 5.32 Å². The normalized spacial score (nSPS) is 26.8. The Morgan fingerprint density at radius 3 is 2.39 bits per heavy atom. The molecule has 1 atom stereocenters. The summed E-state index contributed by atoms with van der Waals surface area (Å²) in [7, 11) is 2.37. The number of halogens is 2. The molecule has 1 aliphatic rings. The number of imide groups is 1. The molecule has 18 heavy (non-hydrogen) atoms. The van der Waals surface area contributed by atoms with Gasteiger partial charge in [-0.3, -0.25) is 14.5 Å². The van der Waals surface area contributed by atoms with Gasteiger partial charge in [0, 0.05) is 7.11 Å². The second kappa shape index (κ2) is 4.91. The summed E-state index contributed by atoms with van der Waals surface area (Å²) in [5.74, 6) is -1.73. The predicted octanol–water partition coefficient (Wildman–Crippen LogP) is 0.248. The van der Waals surface area contributed by atoms with E-state index in [1.54, 1.807) is 0 Å². The molecule has 1 saturated heterocycles. The van der Waals surface area contributed by atoms with Crippen molar-refractivity contribution in [2.45, 2.75) is 17.0 Å². The Hall–Kier alpha value is -1.05. The standard InChI is InChI=1S/C9H12Cl2N2O5/c1-8(18-3)9(10,11)6(15)13(7(16)12-8)4-5(14)17-2/h4H2,1-3H3,(H,12,16). The zero-order valence-corrected chi connectivity index (χ0v) is 11.5. The molecule has 0 spiro atoms. The van der Waals surface area contributed by atoms with Crippen LogP contribution in [0.5, 0.6) is 0 Å². The molecule has 1 rings (SSSR count). The number of carbonyl (C=O) groups excluding carboxylic acids is 3. The van der Waals surface area contributed by atoms with Crippen molar-refractivity contribution in [3.63, 3.8) is 0 Å². The van der Waals surface area contributed by atoms with Crippen molar-refractivity contribution >= 4 is 41.1 Å². The molecular weight excluding hydrogens is 287 g/mol. The van der Waals surface area contributed by atoms with Gasteiger partial charge in [-0.2, -0.15) is 0 Å². The number of alkyl halides is 2. The first-order valence-corrected chi connectivity index (χ1v) is 5.59. The molecule has 0 aromatic rings. The summed E-state index contributed by atoms with van der Waals surface area (Å²) in [6.45, 7) is 0.764. The van der Waals surface area contributed by atoms with E-state index in [9.17, 15) is 14.4 Å². The van der Waals surface area contributed by atoms with Crippen molar-refractivity contribution in [1.29, 1.82) is 0 Å². The molecule has 0 aromatic carbocycles. The molecule has 1 heterocycles. The number of esters is 1. The average molecular weight is 299 g/mol. The number of ether oxygens (including phenoxy) is 2. The molecule has 1 aliphatic heterocycles. The fraction of sp³-hybridized carbons (Fsp3) is 0.667. The van der Waals surface area contributed by atoms with Gasteiger partial charge in [0.2, 0.25) is 4.33 Å². The summed E-state index contributed by atoms with van der Waals surface area (Å²) in [5, 5.41) is 2.31. The molecule has 0 aliphatic carbocycles. The van der Waals surface area contributed by atoms with Crippen LogP contribution in [0.25, 0.3) is 0 Å². The third kappa shape index (κ3) is 2.25. The van der Waals surface area contributed by atoms with Gasteiger partial charge in [-0.25, -0.2) is 4.79 Å². The van der Waals surface area contributed by atoms with E-state index >= 15 is 0 Å². The van der Waals surface area contributed by atoms with Gasteiger partial charge in [-0.1, -0.05) is 23.2 Å². The van der Waals surface area contributed by atoms with Crippen LogP contribution in [0.4, 0.5) is 4.79 Å². The summed E-state index contributed by atoms with van der Waals surface area (Å²) in [6, 6.07) is -0.841. The van der Waals surface area contributed by atoms with Crippen LogP contribution in [0.1, 0.15) is 6.92 Å². The topological polar surface area (TPSA) is 84.9 Å². The number of urea groups is 1. The van der Waals surface area contributed by atoms with Gasteiger partial charge in [0.05, 0.1) is 7.11 Å². The van der Waals surface area contributed by atoms with Crippen LogP contribution in [-0.4, -0.2) is 53.6 Å². The number of hydrogen-bond donors (Lipinski definition) is 1. The maximum Gasteiger partial charge on any atom is 0.327 e. The molecule has 0 bridgehead atoms. The number of amides is 3. The fourth-order valence-electron chi connectivity index (χ4n) is 1.33. The zero-order valence-electron chi connectivity index (χ0n) is 9.95. The SMILES string of the molecule is COC(=O)CN1C(=O)NC(C)(OC)C(Cl)(Cl)C1=O. The molecule has 1 unspecified atom stereocenters. The van der Waals surface area contributed by atoms with Gasteiger partial charge in [-0.15, -0.1) is 0 Å². The van der Waals surface area contributed by atoms with E-state index < -0.39 is 34.5 Å². The number of rotatable bonds is 3. The molecule has 0 aromatic heterocycles. The molecule has 1 N–H and O–H groups in total. The molecule has 102 valence electrons. The van der Waals surface area contributed by atoms with Crippen molar-refractivity contribution in [2.24, 2.45) is 0 Å². The van der Waals surface area contributed by atoms with Crippen LogP contribution in [0.3, 0.4) is 0 Å². The lowest BCUT2D eigenvalue weighted by Crippen LogP contribution is -2.72. The predicted molar refractivity (Wildman–Crippen MR) is 62.1 cm³/mol. The molecule has 7 nitrogen and oxygen atoms in total. The Morgan fingerprint density at radius 2 is 1.94 bits per heavy atom. The monoisotopic (exact) mass is 298 g/mol. The van der Waals surface area contributed by atoms with Gasteiger partial charge < -0.3 is 14.8 Å². The Kier molecular flexibility index (Phi) is 4.09. The minimum Gasteiger partial charge on any atom is -0.468 e. The van der Waals surface area contributed by atoms with Crippen LogP contribution >= 0.6 is 23.2 Å². The van der Waals surface area contributed by atoms with E-state index in [0.29, 0.717) is 4.90 Å². The van der Waals surface area contributed by atoms with Crippen molar-refractivity contribution in [3.8, 4) is 0 Å². The third-order valence-electron chi connectivity index (χ3n) is 2.63. The highest BCUT2D eigenvalue weighted by atomic mass is 35.5. The Balaban J connectivity index is 3.04. The van der Waals surface area contributed by atoms with E-state index in [4.69, 9.17) is 27.9 Å². The second-order valence-corrected chi connectivity index (χ2v) is 5.04. The first-order valence-electron chi connectivity index (χ1n) is 4.83. The molecular formula is C9H12Cl2N2O5. The van der Waals surface area contributed by atoms with Gasteiger partial charge in [0.25, 0.3) is 5.91 Å². The Morgan fingerprint density at radius 1 is 1.39 bits per heavy atom. The quantitative estimate of drug-likeness (QED) is 0.596. The first-order chi connectivity index (χ1) is 8.19. The number of hydrogen-bond acceptors (Lipinski definition) is 5. The van der Waals surface area contributed by atoms with E-state index in [0.717, 1.165) is 7.11 Å². The maximum absolute atomic E-state index is 12.0. The number of carbonyl (C=O) groups is 3. The van der Waals surface area contributed by atoms with Gasteiger partial charge in [0.15, 0.2) is 5.72 Å². The highest BCUT2D eigenvalue weighted by Gasteiger charge is 2.60. The second-order valence-electron chi connectivity index (χ2n) is 3.71. The number of nitrogens with zero attached hydrogens (tertiary/aromatic N) is 1. The molecule has 0 saturated carbocycles. The molecule has 9 heteroatoms. The van der Waals surface area contributed by atoms with Crippen LogP contribution in [0, 0.1) is 0 Å². The van der Waals surface area contributed by atoms with Gasteiger partial charge >= 0.3 is 12.0 Å². The lowest BCUT2D eigenvalue weighted by molar-refractivity contribution is -0.151. The molecule has 3 amide bonds. The first kappa shape index (κ1) is 15.0. The number of methoxy groups -OCH3 is 2. The van der Waals surface area contributed by atoms with Crippen molar-refractivity contribution in [1.82, 2.24) is 10.2 Å². The fourth-order valence-corrected chi connectivity index (χ4v) is 1.79. The Bertz CT molecular complexity index is 400. The minimum atomic E-state index is -2.05. The maximum atomic E-state index is 12.0. The van der Waals surface area contributed by atoms with Crippen LogP contribution in [0.15, 0.2) is 0 Å². The summed E-state index contributed by atoms with van der Waals surface area (Å²) < 4.78 is 7.27. The average Bonchev–Trinajstić information content (AvgIpc) is 2.32. The zero-order chi connectivity index (χ0) is 14.1. The molecule has 1 fully saturated rings. The summed E-state index contributed by atoms with van der Waals surface area (Å²) in [4.78, 5) is 35.4. The lowest BCUT2D eigenvalue weighted by atomic mass is 10.1.